The van der Waals surface area contributed by atoms with E-state index in [1.165, 1.54) is 6.07 Å². The van der Waals surface area contributed by atoms with Crippen molar-refractivity contribution in [1.82, 2.24) is 9.97 Å². The summed E-state index contributed by atoms with van der Waals surface area (Å²) in [4.78, 5) is 17.0. The van der Waals surface area contributed by atoms with Gasteiger partial charge in [-0.2, -0.15) is 0 Å². The molecule has 0 saturated carbocycles. The zero-order valence-electron chi connectivity index (χ0n) is 9.06. The highest BCUT2D eigenvalue weighted by atomic mass is 16.1. The Morgan fingerprint density at radius 3 is 2.36 bits per heavy atom. The highest BCUT2D eigenvalue weighted by Crippen LogP contribution is 2.16. The Hall–Kier alpha value is -1.51. The molecule has 0 radical (unpaired) electrons. The van der Waals surface area contributed by atoms with Gasteiger partial charge in [-0.15, -0.1) is 0 Å². The maximum atomic E-state index is 11.0. The van der Waals surface area contributed by atoms with Crippen molar-refractivity contribution >= 4 is 11.0 Å². The van der Waals surface area contributed by atoms with E-state index in [1.807, 2.05) is 27.7 Å². The minimum Gasteiger partial charge on any atom is -0.357 e. The van der Waals surface area contributed by atoms with E-state index in [-0.39, 0.29) is 5.56 Å². The van der Waals surface area contributed by atoms with E-state index in [4.69, 9.17) is 0 Å². The topological polar surface area (TPSA) is 48.6 Å². The van der Waals surface area contributed by atoms with Crippen LogP contribution in [0.15, 0.2) is 16.9 Å². The second-order valence-corrected chi connectivity index (χ2v) is 2.99. The summed E-state index contributed by atoms with van der Waals surface area (Å²) in [6, 6.07) is 3.33. The molecule has 2 N–H and O–H groups in total. The molecule has 0 fully saturated rings. The second kappa shape index (κ2) is 4.13. The highest BCUT2D eigenvalue weighted by Gasteiger charge is 2.02. The molecule has 0 bridgehead atoms. The first kappa shape index (κ1) is 10.6. The summed E-state index contributed by atoms with van der Waals surface area (Å²) >= 11 is 0. The monoisotopic (exact) mass is 192 g/mol. The zero-order chi connectivity index (χ0) is 10.7. The van der Waals surface area contributed by atoms with E-state index in [9.17, 15) is 4.79 Å². The van der Waals surface area contributed by atoms with Crippen molar-refractivity contribution in [2.45, 2.75) is 27.7 Å². The molecule has 0 aromatic carbocycles. The summed E-state index contributed by atoms with van der Waals surface area (Å²) < 4.78 is 0. The largest absolute Gasteiger partial charge is 0.357 e. The molecule has 0 unspecified atom stereocenters. The second-order valence-electron chi connectivity index (χ2n) is 2.99. The fourth-order valence-electron chi connectivity index (χ4n) is 1.36. The molecule has 2 aromatic rings. The number of rotatable bonds is 0. The van der Waals surface area contributed by atoms with Gasteiger partial charge < -0.3 is 9.97 Å². The maximum Gasteiger partial charge on any atom is 0.248 e. The number of pyridine rings is 1. The Morgan fingerprint density at radius 2 is 1.71 bits per heavy atom. The van der Waals surface area contributed by atoms with Crippen molar-refractivity contribution in [3.8, 4) is 0 Å². The normalized spacial score (nSPS) is 9.71. The van der Waals surface area contributed by atoms with Gasteiger partial charge in [0.05, 0.1) is 11.0 Å². The quantitative estimate of drug-likeness (QED) is 0.662. The molecule has 3 nitrogen and oxygen atoms in total. The molecule has 14 heavy (non-hydrogen) atoms. The highest BCUT2D eigenvalue weighted by molar-refractivity contribution is 5.79. The number of fused-ring (bicyclic) bond motifs is 1. The SMILES string of the molecule is CC.Cc1[nH]c2ccc(=O)[nH]c2c1C. The van der Waals surface area contributed by atoms with Crippen molar-refractivity contribution in [2.75, 3.05) is 0 Å². The lowest BCUT2D eigenvalue weighted by Gasteiger charge is -1.88. The van der Waals surface area contributed by atoms with Crippen molar-refractivity contribution in [1.29, 1.82) is 0 Å². The van der Waals surface area contributed by atoms with Crippen molar-refractivity contribution in [3.05, 3.63) is 33.7 Å². The van der Waals surface area contributed by atoms with Gasteiger partial charge in [0.2, 0.25) is 5.56 Å². The van der Waals surface area contributed by atoms with E-state index in [0.717, 1.165) is 22.3 Å². The predicted molar refractivity (Wildman–Crippen MR) is 59.7 cm³/mol. The summed E-state index contributed by atoms with van der Waals surface area (Å²) in [5, 5.41) is 0. The third-order valence-electron chi connectivity index (χ3n) is 2.18. The molecular weight excluding hydrogens is 176 g/mol. The molecule has 0 spiro atoms. The molecular formula is C11H16N2O. The van der Waals surface area contributed by atoms with Crippen LogP contribution in [0.2, 0.25) is 0 Å². The molecule has 0 saturated heterocycles. The number of aromatic amines is 2. The molecule has 2 aromatic heterocycles. The fourth-order valence-corrected chi connectivity index (χ4v) is 1.36. The first-order valence-electron chi connectivity index (χ1n) is 4.86. The van der Waals surface area contributed by atoms with Gasteiger partial charge in [0.25, 0.3) is 0 Å². The van der Waals surface area contributed by atoms with E-state index >= 15 is 0 Å². The third kappa shape index (κ3) is 1.71. The molecule has 2 heterocycles. The van der Waals surface area contributed by atoms with Crippen LogP contribution in [-0.4, -0.2) is 9.97 Å². The van der Waals surface area contributed by atoms with E-state index in [0.29, 0.717) is 0 Å². The van der Waals surface area contributed by atoms with Crippen LogP contribution >= 0.6 is 0 Å². The van der Waals surface area contributed by atoms with Crippen LogP contribution in [-0.2, 0) is 0 Å². The molecule has 2 rings (SSSR count). The first-order chi connectivity index (χ1) is 6.68. The van der Waals surface area contributed by atoms with Crippen LogP contribution in [0.3, 0.4) is 0 Å². The average molecular weight is 192 g/mol. The Kier molecular flexibility index (Phi) is 3.12. The van der Waals surface area contributed by atoms with Crippen LogP contribution < -0.4 is 5.56 Å². The van der Waals surface area contributed by atoms with Gasteiger partial charge in [-0.25, -0.2) is 0 Å². The van der Waals surface area contributed by atoms with Gasteiger partial charge in [0, 0.05) is 11.8 Å². The number of nitrogens with one attached hydrogen (secondary N) is 2. The van der Waals surface area contributed by atoms with Gasteiger partial charge in [-0.1, -0.05) is 13.8 Å². The summed E-state index contributed by atoms with van der Waals surface area (Å²) in [6.07, 6.45) is 0. The van der Waals surface area contributed by atoms with Gasteiger partial charge in [-0.05, 0) is 25.5 Å². The van der Waals surface area contributed by atoms with Crippen LogP contribution in [0.5, 0.6) is 0 Å². The molecule has 0 amide bonds. The third-order valence-corrected chi connectivity index (χ3v) is 2.18. The lowest BCUT2D eigenvalue weighted by molar-refractivity contribution is 1.25. The summed E-state index contributed by atoms with van der Waals surface area (Å²) in [5.41, 5.74) is 4.07. The first-order valence-corrected chi connectivity index (χ1v) is 4.86. The average Bonchev–Trinajstić information content (AvgIpc) is 2.48. The Balaban J connectivity index is 0.000000461. The Morgan fingerprint density at radius 1 is 1.07 bits per heavy atom. The summed E-state index contributed by atoms with van der Waals surface area (Å²) in [7, 11) is 0. The van der Waals surface area contributed by atoms with E-state index in [2.05, 4.69) is 9.97 Å². The van der Waals surface area contributed by atoms with Crippen molar-refractivity contribution in [3.63, 3.8) is 0 Å². The van der Waals surface area contributed by atoms with Crippen LogP contribution in [0.1, 0.15) is 25.1 Å². The van der Waals surface area contributed by atoms with Crippen LogP contribution in [0, 0.1) is 13.8 Å². The number of H-pyrrole nitrogens is 2. The van der Waals surface area contributed by atoms with E-state index < -0.39 is 0 Å². The lowest BCUT2D eigenvalue weighted by Crippen LogP contribution is -2.01. The molecule has 0 aliphatic carbocycles. The zero-order valence-corrected chi connectivity index (χ0v) is 9.06. The minimum atomic E-state index is -0.0513. The molecule has 0 aliphatic heterocycles. The Labute approximate surface area is 83.2 Å². The minimum absolute atomic E-state index is 0.0513. The van der Waals surface area contributed by atoms with E-state index in [1.54, 1.807) is 6.07 Å². The molecule has 0 atom stereocenters. The number of aromatic nitrogens is 2. The van der Waals surface area contributed by atoms with Gasteiger partial charge in [0.1, 0.15) is 0 Å². The lowest BCUT2D eigenvalue weighted by atomic mass is 10.2. The molecule has 76 valence electrons. The standard InChI is InChI=1S/C9H10N2O.C2H6/c1-5-6(2)10-7-3-4-8(12)11-9(5)7;1-2/h3-4,10H,1-2H3,(H,11,12);1-2H3. The van der Waals surface area contributed by atoms with Crippen LogP contribution in [0.4, 0.5) is 0 Å². The smallest absolute Gasteiger partial charge is 0.248 e. The van der Waals surface area contributed by atoms with Gasteiger partial charge in [-0.3, -0.25) is 4.79 Å². The van der Waals surface area contributed by atoms with Gasteiger partial charge >= 0.3 is 0 Å². The molecule has 0 aliphatic rings. The number of hydrogen-bond donors (Lipinski definition) is 2. The summed E-state index contributed by atoms with van der Waals surface area (Å²) in [6.45, 7) is 7.98. The van der Waals surface area contributed by atoms with Crippen molar-refractivity contribution < 1.29 is 0 Å². The maximum absolute atomic E-state index is 11.0. The van der Waals surface area contributed by atoms with Crippen molar-refractivity contribution in [2.24, 2.45) is 0 Å². The van der Waals surface area contributed by atoms with Gasteiger partial charge in [0.15, 0.2) is 0 Å². The molecule has 3 heteroatoms. The Bertz CT molecular complexity index is 479. The number of aryl methyl sites for hydroxylation is 2. The number of hydrogen-bond acceptors (Lipinski definition) is 1. The predicted octanol–water partition coefficient (Wildman–Crippen LogP) is 2.50. The fraction of sp³-hybridized carbons (Fsp3) is 0.364. The van der Waals surface area contributed by atoms with Crippen LogP contribution in [0.25, 0.3) is 11.0 Å². The summed E-state index contributed by atoms with van der Waals surface area (Å²) in [5.74, 6) is 0.